The van der Waals surface area contributed by atoms with E-state index in [2.05, 4.69) is 15.2 Å². The summed E-state index contributed by atoms with van der Waals surface area (Å²) in [6.45, 7) is 1.65. The second-order valence-electron chi connectivity index (χ2n) is 7.76. The molecule has 1 saturated heterocycles. The van der Waals surface area contributed by atoms with Crippen LogP contribution in [0.15, 0.2) is 36.5 Å². The standard InChI is InChI=1S/C22H28N4O2/c1-28-19-10-8-18(9-11-19)24-22-23-13-12-20(25-22)17-7-4-14-26(15-17)21(27)16-5-2-3-6-16/h8-13,16-17H,2-7,14-15H2,1H3,(H,23,24,25)/t17-/m1/s1. The average Bonchev–Trinajstić information content (AvgIpc) is 3.29. The van der Waals surface area contributed by atoms with Gasteiger partial charge in [0.05, 0.1) is 12.8 Å². The van der Waals surface area contributed by atoms with Crippen molar-refractivity contribution in [1.82, 2.24) is 14.9 Å². The number of hydrogen-bond donors (Lipinski definition) is 1. The Kier molecular flexibility index (Phi) is 5.74. The molecule has 6 nitrogen and oxygen atoms in total. The first-order valence-corrected chi connectivity index (χ1v) is 10.3. The average molecular weight is 380 g/mol. The molecule has 6 heteroatoms. The van der Waals surface area contributed by atoms with E-state index in [1.807, 2.05) is 30.3 Å². The van der Waals surface area contributed by atoms with Crippen molar-refractivity contribution >= 4 is 17.5 Å². The van der Waals surface area contributed by atoms with Crippen LogP contribution in [0.4, 0.5) is 11.6 Å². The number of hydrogen-bond acceptors (Lipinski definition) is 5. The maximum absolute atomic E-state index is 12.8. The molecule has 1 amide bonds. The number of anilines is 2. The van der Waals surface area contributed by atoms with Gasteiger partial charge < -0.3 is 15.0 Å². The van der Waals surface area contributed by atoms with Gasteiger partial charge in [-0.2, -0.15) is 0 Å². The number of likely N-dealkylation sites (tertiary alicyclic amines) is 1. The number of carbonyl (C=O) groups is 1. The number of methoxy groups -OCH3 is 1. The zero-order chi connectivity index (χ0) is 19.3. The third-order valence-corrected chi connectivity index (χ3v) is 5.88. The largest absolute Gasteiger partial charge is 0.497 e. The molecule has 0 unspecified atom stereocenters. The second-order valence-corrected chi connectivity index (χ2v) is 7.76. The minimum Gasteiger partial charge on any atom is -0.497 e. The third-order valence-electron chi connectivity index (χ3n) is 5.88. The van der Waals surface area contributed by atoms with Crippen molar-refractivity contribution in [3.8, 4) is 5.75 Å². The van der Waals surface area contributed by atoms with E-state index < -0.39 is 0 Å². The van der Waals surface area contributed by atoms with Gasteiger partial charge in [-0.3, -0.25) is 4.79 Å². The van der Waals surface area contributed by atoms with Gasteiger partial charge in [-0.05, 0) is 56.0 Å². The molecule has 28 heavy (non-hydrogen) atoms. The Bertz CT molecular complexity index is 802. The SMILES string of the molecule is COc1ccc(Nc2nccc([C@@H]3CCCN(C(=O)C4CCCC4)C3)n2)cc1. The predicted molar refractivity (Wildman–Crippen MR) is 109 cm³/mol. The van der Waals surface area contributed by atoms with E-state index in [0.717, 1.165) is 55.9 Å². The number of amides is 1. The summed E-state index contributed by atoms with van der Waals surface area (Å²) in [6.07, 6.45) is 8.40. The lowest BCUT2D eigenvalue weighted by Crippen LogP contribution is -2.42. The summed E-state index contributed by atoms with van der Waals surface area (Å²) in [7, 11) is 1.65. The summed E-state index contributed by atoms with van der Waals surface area (Å²) < 4.78 is 5.19. The lowest BCUT2D eigenvalue weighted by atomic mass is 9.93. The first-order valence-electron chi connectivity index (χ1n) is 10.3. The lowest BCUT2D eigenvalue weighted by molar-refractivity contribution is -0.136. The Hall–Kier alpha value is -2.63. The van der Waals surface area contributed by atoms with E-state index in [9.17, 15) is 4.79 Å². The molecule has 1 atom stereocenters. The number of nitrogens with one attached hydrogen (secondary N) is 1. The Labute approximate surface area is 166 Å². The molecule has 1 N–H and O–H groups in total. The molecule has 148 valence electrons. The molecule has 2 aromatic rings. The van der Waals surface area contributed by atoms with Crippen LogP contribution in [-0.2, 0) is 4.79 Å². The molecule has 2 heterocycles. The molecule has 0 spiro atoms. The molecule has 1 aliphatic carbocycles. The minimum absolute atomic E-state index is 0.247. The fraction of sp³-hybridized carbons (Fsp3) is 0.500. The van der Waals surface area contributed by atoms with Gasteiger partial charge in [0.1, 0.15) is 5.75 Å². The summed E-state index contributed by atoms with van der Waals surface area (Å²) in [6, 6.07) is 9.67. The van der Waals surface area contributed by atoms with Gasteiger partial charge in [-0.15, -0.1) is 0 Å². The molecule has 4 rings (SSSR count). The van der Waals surface area contributed by atoms with Crippen LogP contribution in [0.1, 0.15) is 50.1 Å². The Morgan fingerprint density at radius 2 is 1.89 bits per heavy atom. The summed E-state index contributed by atoms with van der Waals surface area (Å²) >= 11 is 0. The molecule has 2 aliphatic rings. The minimum atomic E-state index is 0.247. The topological polar surface area (TPSA) is 67.3 Å². The van der Waals surface area contributed by atoms with Crippen LogP contribution in [0, 0.1) is 5.92 Å². The summed E-state index contributed by atoms with van der Waals surface area (Å²) in [4.78, 5) is 24.0. The van der Waals surface area contributed by atoms with E-state index in [-0.39, 0.29) is 11.8 Å². The van der Waals surface area contributed by atoms with Gasteiger partial charge in [0, 0.05) is 36.8 Å². The van der Waals surface area contributed by atoms with E-state index in [4.69, 9.17) is 9.72 Å². The predicted octanol–water partition coefficient (Wildman–Crippen LogP) is 4.13. The summed E-state index contributed by atoms with van der Waals surface area (Å²) in [5, 5.41) is 3.26. The van der Waals surface area contributed by atoms with Crippen molar-refractivity contribution in [3.05, 3.63) is 42.2 Å². The van der Waals surface area contributed by atoms with Gasteiger partial charge in [0.2, 0.25) is 11.9 Å². The number of nitrogens with zero attached hydrogens (tertiary/aromatic N) is 3. The van der Waals surface area contributed by atoms with Gasteiger partial charge in [-0.25, -0.2) is 9.97 Å². The van der Waals surface area contributed by atoms with Crippen molar-refractivity contribution in [1.29, 1.82) is 0 Å². The maximum Gasteiger partial charge on any atom is 0.227 e. The van der Waals surface area contributed by atoms with Crippen molar-refractivity contribution in [3.63, 3.8) is 0 Å². The highest BCUT2D eigenvalue weighted by Gasteiger charge is 2.31. The number of ether oxygens (including phenoxy) is 1. The summed E-state index contributed by atoms with van der Waals surface area (Å²) in [5.41, 5.74) is 1.93. The highest BCUT2D eigenvalue weighted by Crippen LogP contribution is 2.31. The van der Waals surface area contributed by atoms with E-state index in [1.165, 1.54) is 12.8 Å². The lowest BCUT2D eigenvalue weighted by Gasteiger charge is -2.34. The van der Waals surface area contributed by atoms with Crippen LogP contribution in [0.5, 0.6) is 5.75 Å². The zero-order valence-electron chi connectivity index (χ0n) is 16.4. The van der Waals surface area contributed by atoms with Crippen LogP contribution in [0.25, 0.3) is 0 Å². The van der Waals surface area contributed by atoms with Crippen LogP contribution >= 0.6 is 0 Å². The third kappa shape index (κ3) is 4.26. The number of carbonyl (C=O) groups excluding carboxylic acids is 1. The number of rotatable bonds is 5. The summed E-state index contributed by atoms with van der Waals surface area (Å²) in [5.74, 6) is 2.28. The monoisotopic (exact) mass is 380 g/mol. The van der Waals surface area contributed by atoms with Crippen molar-refractivity contribution in [2.24, 2.45) is 5.92 Å². The zero-order valence-corrected chi connectivity index (χ0v) is 16.4. The van der Waals surface area contributed by atoms with Gasteiger partial charge >= 0.3 is 0 Å². The van der Waals surface area contributed by atoms with E-state index >= 15 is 0 Å². The first-order chi connectivity index (χ1) is 13.7. The molecule has 1 aromatic heterocycles. The molecular formula is C22H28N4O2. The maximum atomic E-state index is 12.8. The van der Waals surface area contributed by atoms with Crippen LogP contribution in [0.2, 0.25) is 0 Å². The fourth-order valence-electron chi connectivity index (χ4n) is 4.31. The van der Waals surface area contributed by atoms with Gasteiger partial charge in [0.15, 0.2) is 0 Å². The van der Waals surface area contributed by atoms with Crippen molar-refractivity contribution in [2.45, 2.75) is 44.4 Å². The van der Waals surface area contributed by atoms with Crippen molar-refractivity contribution < 1.29 is 9.53 Å². The normalized spacial score (nSPS) is 20.2. The quantitative estimate of drug-likeness (QED) is 0.845. The molecule has 1 aromatic carbocycles. The van der Waals surface area contributed by atoms with Gasteiger partial charge in [-0.1, -0.05) is 12.8 Å². The Morgan fingerprint density at radius 3 is 2.64 bits per heavy atom. The highest BCUT2D eigenvalue weighted by molar-refractivity contribution is 5.79. The van der Waals surface area contributed by atoms with E-state index in [1.54, 1.807) is 13.3 Å². The molecular weight excluding hydrogens is 352 g/mol. The van der Waals surface area contributed by atoms with Crippen LogP contribution in [0.3, 0.4) is 0 Å². The van der Waals surface area contributed by atoms with Crippen LogP contribution in [-0.4, -0.2) is 41.0 Å². The number of aromatic nitrogens is 2. The Morgan fingerprint density at radius 1 is 1.11 bits per heavy atom. The van der Waals surface area contributed by atoms with Gasteiger partial charge in [0.25, 0.3) is 0 Å². The van der Waals surface area contributed by atoms with E-state index in [0.29, 0.717) is 11.9 Å². The molecule has 2 fully saturated rings. The first kappa shape index (κ1) is 18.7. The fourth-order valence-corrected chi connectivity index (χ4v) is 4.31. The smallest absolute Gasteiger partial charge is 0.227 e. The number of benzene rings is 1. The van der Waals surface area contributed by atoms with Crippen LogP contribution < -0.4 is 10.1 Å². The molecule has 0 bridgehead atoms. The molecule has 1 aliphatic heterocycles. The number of piperidine rings is 1. The highest BCUT2D eigenvalue weighted by atomic mass is 16.5. The van der Waals surface area contributed by atoms with Crippen molar-refractivity contribution in [2.75, 3.05) is 25.5 Å². The Balaban J connectivity index is 1.43. The molecule has 1 saturated carbocycles. The molecule has 0 radical (unpaired) electrons. The second kappa shape index (κ2) is 8.59.